The number of hydrogen-bond donors (Lipinski definition) is 0. The number of aromatic nitrogens is 2. The molecule has 2 unspecified atom stereocenters. The average Bonchev–Trinajstić information content (AvgIpc) is 2.99. The lowest BCUT2D eigenvalue weighted by Crippen LogP contribution is -2.35. The lowest BCUT2D eigenvalue weighted by molar-refractivity contribution is -0.141. The summed E-state index contributed by atoms with van der Waals surface area (Å²) in [5.41, 5.74) is -0.965. The third-order valence-electron chi connectivity index (χ3n) is 4.08. The van der Waals surface area contributed by atoms with E-state index >= 15 is 0 Å². The minimum absolute atomic E-state index is 0.00466. The van der Waals surface area contributed by atoms with Gasteiger partial charge in [-0.2, -0.15) is 13.2 Å². The Balaban J connectivity index is 1.61. The topological polar surface area (TPSA) is 38.2 Å². The molecule has 2 aliphatic heterocycles. The fraction of sp³-hybridized carbons (Fsp3) is 0.692. The second kappa shape index (κ2) is 5.20. The van der Waals surface area contributed by atoms with Gasteiger partial charge in [0, 0.05) is 18.2 Å². The van der Waals surface area contributed by atoms with Gasteiger partial charge in [-0.25, -0.2) is 9.97 Å². The molecule has 2 atom stereocenters. The van der Waals surface area contributed by atoms with Crippen LogP contribution >= 0.6 is 0 Å². The largest absolute Gasteiger partial charge is 0.476 e. The number of ether oxygens (including phenoxy) is 1. The number of alkyl halides is 3. The number of hydrogen-bond acceptors (Lipinski definition) is 4. The van der Waals surface area contributed by atoms with Crippen molar-refractivity contribution in [3.8, 4) is 5.88 Å². The third kappa shape index (κ3) is 2.72. The highest BCUT2D eigenvalue weighted by molar-refractivity contribution is 5.16. The molecule has 0 aromatic carbocycles. The van der Waals surface area contributed by atoms with E-state index in [0.29, 0.717) is 18.7 Å². The Morgan fingerprint density at radius 1 is 1.25 bits per heavy atom. The van der Waals surface area contributed by atoms with E-state index in [1.807, 2.05) is 0 Å². The monoisotopic (exact) mass is 287 g/mol. The first-order chi connectivity index (χ1) is 9.54. The lowest BCUT2D eigenvalue weighted by atomic mass is 10.1. The summed E-state index contributed by atoms with van der Waals surface area (Å²) in [5.74, 6) is -0.00466. The number of rotatable bonds is 3. The molecule has 2 fully saturated rings. The van der Waals surface area contributed by atoms with Crippen molar-refractivity contribution in [1.29, 1.82) is 0 Å². The van der Waals surface area contributed by atoms with E-state index in [2.05, 4.69) is 14.9 Å². The van der Waals surface area contributed by atoms with E-state index in [-0.39, 0.29) is 5.88 Å². The van der Waals surface area contributed by atoms with E-state index < -0.39 is 11.9 Å². The minimum Gasteiger partial charge on any atom is -0.476 e. The van der Waals surface area contributed by atoms with Crippen LogP contribution in [0.15, 0.2) is 12.4 Å². The first-order valence-corrected chi connectivity index (χ1v) is 6.82. The second-order valence-corrected chi connectivity index (χ2v) is 5.32. The molecule has 1 aromatic heterocycles. The maximum absolute atomic E-state index is 12.5. The van der Waals surface area contributed by atoms with Crippen LogP contribution < -0.4 is 4.74 Å². The summed E-state index contributed by atoms with van der Waals surface area (Å²) in [6, 6.07) is 1.79. The zero-order valence-corrected chi connectivity index (χ0v) is 10.9. The molecule has 20 heavy (non-hydrogen) atoms. The van der Waals surface area contributed by atoms with Gasteiger partial charge in [0.1, 0.15) is 12.9 Å². The summed E-state index contributed by atoms with van der Waals surface area (Å²) >= 11 is 0. The summed E-state index contributed by atoms with van der Waals surface area (Å²) in [7, 11) is 0. The molecular formula is C13H16F3N3O. The molecule has 0 spiro atoms. The van der Waals surface area contributed by atoms with Gasteiger partial charge in [0.05, 0.1) is 0 Å². The SMILES string of the molecule is FC(F)(F)c1cc(OCC2CCC3CCCN32)ncn1. The van der Waals surface area contributed by atoms with Gasteiger partial charge in [-0.15, -0.1) is 0 Å². The maximum Gasteiger partial charge on any atom is 0.433 e. The Bertz CT molecular complexity index is 480. The van der Waals surface area contributed by atoms with Gasteiger partial charge in [0.2, 0.25) is 5.88 Å². The molecule has 4 nitrogen and oxygen atoms in total. The molecule has 1 aromatic rings. The third-order valence-corrected chi connectivity index (χ3v) is 4.08. The Labute approximate surface area is 115 Å². The Morgan fingerprint density at radius 3 is 2.90 bits per heavy atom. The van der Waals surface area contributed by atoms with Gasteiger partial charge in [-0.1, -0.05) is 0 Å². The van der Waals surface area contributed by atoms with Gasteiger partial charge < -0.3 is 4.74 Å². The maximum atomic E-state index is 12.5. The molecule has 0 N–H and O–H groups in total. The molecule has 2 saturated heterocycles. The fourth-order valence-corrected chi connectivity index (χ4v) is 3.13. The summed E-state index contributed by atoms with van der Waals surface area (Å²) in [4.78, 5) is 9.37. The summed E-state index contributed by atoms with van der Waals surface area (Å²) in [6.07, 6.45) is 1.06. The van der Waals surface area contributed by atoms with Gasteiger partial charge in [-0.3, -0.25) is 4.90 Å². The fourth-order valence-electron chi connectivity index (χ4n) is 3.13. The molecule has 0 amide bonds. The molecule has 3 rings (SSSR count). The van der Waals surface area contributed by atoms with Gasteiger partial charge >= 0.3 is 6.18 Å². The van der Waals surface area contributed by atoms with Crippen LogP contribution in [-0.2, 0) is 6.18 Å². The van der Waals surface area contributed by atoms with Crippen LogP contribution in [-0.4, -0.2) is 40.1 Å². The first kappa shape index (κ1) is 13.6. The smallest absolute Gasteiger partial charge is 0.433 e. The van der Waals surface area contributed by atoms with Crippen LogP contribution in [0.25, 0.3) is 0 Å². The van der Waals surface area contributed by atoms with E-state index in [4.69, 9.17) is 4.74 Å². The quantitative estimate of drug-likeness (QED) is 0.856. The van der Waals surface area contributed by atoms with Crippen LogP contribution in [0.1, 0.15) is 31.4 Å². The first-order valence-electron chi connectivity index (χ1n) is 6.82. The zero-order chi connectivity index (χ0) is 14.2. The summed E-state index contributed by atoms with van der Waals surface area (Å²) in [5, 5.41) is 0. The van der Waals surface area contributed by atoms with Crippen LogP contribution in [0.2, 0.25) is 0 Å². The lowest BCUT2D eigenvalue weighted by Gasteiger charge is -2.23. The van der Waals surface area contributed by atoms with E-state index in [1.165, 1.54) is 12.8 Å². The zero-order valence-electron chi connectivity index (χ0n) is 10.9. The second-order valence-electron chi connectivity index (χ2n) is 5.32. The molecule has 7 heteroatoms. The van der Waals surface area contributed by atoms with E-state index in [1.54, 1.807) is 0 Å². The number of fused-ring (bicyclic) bond motifs is 1. The highest BCUT2D eigenvalue weighted by Gasteiger charge is 2.37. The summed E-state index contributed by atoms with van der Waals surface area (Å²) in [6.45, 7) is 1.46. The molecule has 2 aliphatic rings. The Hall–Kier alpha value is -1.37. The highest BCUT2D eigenvalue weighted by Crippen LogP contribution is 2.33. The van der Waals surface area contributed by atoms with Crippen LogP contribution in [0.5, 0.6) is 5.88 Å². The molecular weight excluding hydrogens is 271 g/mol. The summed E-state index contributed by atoms with van der Waals surface area (Å²) < 4.78 is 43.0. The van der Waals surface area contributed by atoms with Crippen molar-refractivity contribution < 1.29 is 17.9 Å². The van der Waals surface area contributed by atoms with Crippen molar-refractivity contribution in [3.05, 3.63) is 18.1 Å². The normalized spacial score (nSPS) is 26.8. The molecule has 0 bridgehead atoms. The molecule has 3 heterocycles. The van der Waals surface area contributed by atoms with Gasteiger partial charge in [-0.05, 0) is 32.2 Å². The van der Waals surface area contributed by atoms with Crippen molar-refractivity contribution in [1.82, 2.24) is 14.9 Å². The van der Waals surface area contributed by atoms with Crippen LogP contribution in [0.4, 0.5) is 13.2 Å². The molecule has 0 radical (unpaired) electrons. The number of halogens is 3. The van der Waals surface area contributed by atoms with Gasteiger partial charge in [0.15, 0.2) is 5.69 Å². The van der Waals surface area contributed by atoms with Crippen LogP contribution in [0, 0.1) is 0 Å². The standard InChI is InChI=1S/C13H16F3N3O/c14-13(15,16)11-6-12(18-8-17-11)20-7-10-4-3-9-2-1-5-19(9)10/h6,8-10H,1-5,7H2. The van der Waals surface area contributed by atoms with Crippen molar-refractivity contribution in [2.45, 2.75) is 43.9 Å². The number of nitrogens with zero attached hydrogens (tertiary/aromatic N) is 3. The Morgan fingerprint density at radius 2 is 2.10 bits per heavy atom. The highest BCUT2D eigenvalue weighted by atomic mass is 19.4. The van der Waals surface area contributed by atoms with Crippen LogP contribution in [0.3, 0.4) is 0 Å². The molecule has 0 aliphatic carbocycles. The van der Waals surface area contributed by atoms with E-state index in [9.17, 15) is 13.2 Å². The Kier molecular flexibility index (Phi) is 3.54. The predicted octanol–water partition coefficient (Wildman–Crippen LogP) is 2.50. The van der Waals surface area contributed by atoms with Crippen molar-refractivity contribution in [2.75, 3.05) is 13.2 Å². The van der Waals surface area contributed by atoms with Gasteiger partial charge in [0.25, 0.3) is 0 Å². The minimum atomic E-state index is -4.46. The van der Waals surface area contributed by atoms with Crippen molar-refractivity contribution >= 4 is 0 Å². The molecule has 110 valence electrons. The average molecular weight is 287 g/mol. The molecule has 0 saturated carbocycles. The van der Waals surface area contributed by atoms with E-state index in [0.717, 1.165) is 31.8 Å². The predicted molar refractivity (Wildman–Crippen MR) is 65.3 cm³/mol. The van der Waals surface area contributed by atoms with Crippen molar-refractivity contribution in [3.63, 3.8) is 0 Å². The van der Waals surface area contributed by atoms with Crippen molar-refractivity contribution in [2.24, 2.45) is 0 Å².